The molecule has 9 nitrogen and oxygen atoms in total. The number of fused-ring (bicyclic) bond motifs is 2. The summed E-state index contributed by atoms with van der Waals surface area (Å²) < 4.78 is 20.9. The molecule has 1 aliphatic heterocycles. The molecule has 2 aromatic heterocycles. The Morgan fingerprint density at radius 2 is 1.88 bits per heavy atom. The summed E-state index contributed by atoms with van der Waals surface area (Å²) >= 11 is 0. The van der Waals surface area contributed by atoms with Gasteiger partial charge in [-0.2, -0.15) is 0 Å². The Morgan fingerprint density at radius 1 is 1.09 bits per heavy atom. The molecule has 1 aliphatic rings. The average molecular weight is 438 g/mol. The molecule has 9 heteroatoms. The van der Waals surface area contributed by atoms with Crippen LogP contribution in [0.5, 0.6) is 0 Å². The molecule has 0 amide bonds. The number of rotatable bonds is 7. The molecule has 166 valence electrons. The number of methoxy groups -OCH3 is 2. The zero-order chi connectivity index (χ0) is 22.9. The number of ether oxygens (including phenoxy) is 4. The van der Waals surface area contributed by atoms with Crippen molar-refractivity contribution in [3.05, 3.63) is 63.4 Å². The number of para-hydroxylation sites is 1. The summed E-state index contributed by atoms with van der Waals surface area (Å²) in [5.41, 5.74) is -0.287. The number of hydrogen-bond donors (Lipinski definition) is 1. The standard InChI is InChI=1S/C23H22N2O7/c1-4-23(31-12-30-3)15-10-17(25-20(26)18(15)21(27)32-22(23)28)19-14(11-29-2)9-13-7-5-6-8-16(13)24-19/h5-10H,4,11-12H2,1-3H3,(H,25,26)/t23-/m0/s1. The molecule has 0 saturated carbocycles. The van der Waals surface area contributed by atoms with Crippen LogP contribution in [0.2, 0.25) is 0 Å². The topological polar surface area (TPSA) is 117 Å². The van der Waals surface area contributed by atoms with Crippen LogP contribution in [0, 0.1) is 0 Å². The van der Waals surface area contributed by atoms with Crippen molar-refractivity contribution in [2.45, 2.75) is 25.6 Å². The van der Waals surface area contributed by atoms with Crippen LogP contribution in [0.3, 0.4) is 0 Å². The van der Waals surface area contributed by atoms with Gasteiger partial charge in [-0.3, -0.25) is 4.79 Å². The monoisotopic (exact) mass is 438 g/mol. The molecular formula is C23H22N2O7. The van der Waals surface area contributed by atoms with Gasteiger partial charge in [0.1, 0.15) is 12.4 Å². The summed E-state index contributed by atoms with van der Waals surface area (Å²) in [7, 11) is 2.97. The van der Waals surface area contributed by atoms with Gasteiger partial charge in [-0.15, -0.1) is 0 Å². The lowest BCUT2D eigenvalue weighted by Crippen LogP contribution is -2.48. The van der Waals surface area contributed by atoms with Crippen molar-refractivity contribution >= 4 is 22.8 Å². The number of hydrogen-bond acceptors (Lipinski definition) is 8. The minimum absolute atomic E-state index is 0.119. The van der Waals surface area contributed by atoms with Crippen molar-refractivity contribution in [1.29, 1.82) is 0 Å². The lowest BCUT2D eigenvalue weighted by atomic mass is 9.85. The fourth-order valence-corrected chi connectivity index (χ4v) is 3.93. The van der Waals surface area contributed by atoms with E-state index in [0.717, 1.165) is 10.9 Å². The van der Waals surface area contributed by atoms with Crippen LogP contribution >= 0.6 is 0 Å². The molecule has 0 saturated heterocycles. The van der Waals surface area contributed by atoms with Gasteiger partial charge < -0.3 is 23.9 Å². The normalized spacial score (nSPS) is 18.0. The molecule has 0 aliphatic carbocycles. The van der Waals surface area contributed by atoms with Crippen LogP contribution < -0.4 is 5.56 Å². The van der Waals surface area contributed by atoms with Crippen molar-refractivity contribution in [2.75, 3.05) is 21.0 Å². The Labute approximate surface area is 183 Å². The number of nitrogens with one attached hydrogen (secondary N) is 1. The molecule has 4 rings (SSSR count). The van der Waals surface area contributed by atoms with Crippen molar-refractivity contribution < 1.29 is 28.5 Å². The second-order valence-corrected chi connectivity index (χ2v) is 7.33. The first-order valence-electron chi connectivity index (χ1n) is 10.0. The highest BCUT2D eigenvalue weighted by Crippen LogP contribution is 2.38. The lowest BCUT2D eigenvalue weighted by Gasteiger charge is -2.34. The van der Waals surface area contributed by atoms with Gasteiger partial charge in [0.15, 0.2) is 5.60 Å². The SMILES string of the molecule is CC[C@@]1(OCOC)C(=O)OC(=O)c2c1cc(-c1nc3ccccc3cc1COC)[nH]c2=O. The van der Waals surface area contributed by atoms with E-state index < -0.39 is 23.1 Å². The van der Waals surface area contributed by atoms with Crippen molar-refractivity contribution in [3.8, 4) is 11.4 Å². The summed E-state index contributed by atoms with van der Waals surface area (Å²) in [4.78, 5) is 45.5. The predicted octanol–water partition coefficient (Wildman–Crippen LogP) is 2.66. The molecule has 1 aromatic carbocycles. The van der Waals surface area contributed by atoms with E-state index in [2.05, 4.69) is 4.98 Å². The fourth-order valence-electron chi connectivity index (χ4n) is 3.93. The van der Waals surface area contributed by atoms with Gasteiger partial charge >= 0.3 is 11.9 Å². The Morgan fingerprint density at radius 3 is 2.59 bits per heavy atom. The summed E-state index contributed by atoms with van der Waals surface area (Å²) in [6, 6.07) is 11.0. The van der Waals surface area contributed by atoms with Crippen LogP contribution in [0.1, 0.15) is 34.8 Å². The third-order valence-corrected chi connectivity index (χ3v) is 5.47. The number of benzene rings is 1. The molecule has 3 heterocycles. The van der Waals surface area contributed by atoms with Crippen LogP contribution in [-0.2, 0) is 35.9 Å². The molecule has 0 bridgehead atoms. The van der Waals surface area contributed by atoms with E-state index in [1.807, 2.05) is 30.3 Å². The minimum atomic E-state index is -1.67. The van der Waals surface area contributed by atoms with Crippen molar-refractivity contribution in [2.24, 2.45) is 0 Å². The molecule has 0 spiro atoms. The van der Waals surface area contributed by atoms with Gasteiger partial charge in [-0.05, 0) is 24.6 Å². The molecule has 1 N–H and O–H groups in total. The maximum absolute atomic E-state index is 13.0. The van der Waals surface area contributed by atoms with Crippen LogP contribution in [-0.4, -0.2) is 42.9 Å². The van der Waals surface area contributed by atoms with Gasteiger partial charge in [-0.1, -0.05) is 25.1 Å². The van der Waals surface area contributed by atoms with Crippen LogP contribution in [0.4, 0.5) is 0 Å². The predicted molar refractivity (Wildman–Crippen MR) is 114 cm³/mol. The Balaban J connectivity index is 1.99. The highest BCUT2D eigenvalue weighted by Gasteiger charge is 2.50. The fraction of sp³-hybridized carbons (Fsp3) is 0.304. The Kier molecular flexibility index (Phi) is 5.88. The zero-order valence-electron chi connectivity index (χ0n) is 17.9. The van der Waals surface area contributed by atoms with Gasteiger partial charge in [0, 0.05) is 30.7 Å². The van der Waals surface area contributed by atoms with Gasteiger partial charge in [0.2, 0.25) is 0 Å². The zero-order valence-corrected chi connectivity index (χ0v) is 17.9. The number of pyridine rings is 2. The third kappa shape index (κ3) is 3.50. The largest absolute Gasteiger partial charge is 0.387 e. The van der Waals surface area contributed by atoms with Gasteiger partial charge in [0.25, 0.3) is 5.56 Å². The van der Waals surface area contributed by atoms with E-state index in [1.165, 1.54) is 7.11 Å². The highest BCUT2D eigenvalue weighted by atomic mass is 16.7. The molecule has 1 atom stereocenters. The number of carbonyl (C=O) groups excluding carboxylic acids is 2. The van der Waals surface area contributed by atoms with E-state index >= 15 is 0 Å². The molecule has 3 aromatic rings. The van der Waals surface area contributed by atoms with E-state index in [0.29, 0.717) is 16.9 Å². The first-order valence-corrected chi connectivity index (χ1v) is 10.0. The maximum Gasteiger partial charge on any atom is 0.351 e. The molecule has 0 unspecified atom stereocenters. The van der Waals surface area contributed by atoms with E-state index in [9.17, 15) is 14.4 Å². The average Bonchev–Trinajstić information content (AvgIpc) is 2.78. The first kappa shape index (κ1) is 21.8. The number of carbonyl (C=O) groups is 2. The van der Waals surface area contributed by atoms with Crippen LogP contribution in [0.25, 0.3) is 22.3 Å². The third-order valence-electron chi connectivity index (χ3n) is 5.47. The maximum atomic E-state index is 13.0. The van der Waals surface area contributed by atoms with Crippen molar-refractivity contribution in [3.63, 3.8) is 0 Å². The summed E-state index contributed by atoms with van der Waals surface area (Å²) in [5, 5.41) is 0.911. The van der Waals surface area contributed by atoms with E-state index in [-0.39, 0.29) is 30.9 Å². The smallest absolute Gasteiger partial charge is 0.351 e. The highest BCUT2D eigenvalue weighted by molar-refractivity contribution is 6.05. The minimum Gasteiger partial charge on any atom is -0.387 e. The number of aromatic amines is 1. The second-order valence-electron chi connectivity index (χ2n) is 7.33. The van der Waals surface area contributed by atoms with Gasteiger partial charge in [0.05, 0.1) is 23.5 Å². The summed E-state index contributed by atoms with van der Waals surface area (Å²) in [6.45, 7) is 1.70. The number of esters is 2. The molecule has 32 heavy (non-hydrogen) atoms. The van der Waals surface area contributed by atoms with Crippen molar-refractivity contribution in [1.82, 2.24) is 9.97 Å². The molecule has 0 fully saturated rings. The number of nitrogens with zero attached hydrogens (tertiary/aromatic N) is 1. The molecule has 0 radical (unpaired) electrons. The second kappa shape index (κ2) is 8.62. The quantitative estimate of drug-likeness (QED) is 0.340. The van der Waals surface area contributed by atoms with Gasteiger partial charge in [-0.25, -0.2) is 14.6 Å². The van der Waals surface area contributed by atoms with Crippen LogP contribution in [0.15, 0.2) is 41.2 Å². The first-order chi connectivity index (χ1) is 15.4. The Bertz CT molecular complexity index is 1270. The summed E-state index contributed by atoms with van der Waals surface area (Å²) in [6.07, 6.45) is 0.119. The number of H-pyrrole nitrogens is 1. The number of cyclic esters (lactones) is 2. The van der Waals surface area contributed by atoms with E-state index in [1.54, 1.807) is 20.1 Å². The lowest BCUT2D eigenvalue weighted by molar-refractivity contribution is -0.188. The summed E-state index contributed by atoms with van der Waals surface area (Å²) in [5.74, 6) is -1.92. The molecular weight excluding hydrogens is 416 g/mol. The Hall–Kier alpha value is -3.40. The number of aromatic nitrogens is 2. The van der Waals surface area contributed by atoms with E-state index in [4.69, 9.17) is 23.9 Å².